The van der Waals surface area contributed by atoms with E-state index in [9.17, 15) is 14.4 Å². The Morgan fingerprint density at radius 1 is 0.941 bits per heavy atom. The van der Waals surface area contributed by atoms with Gasteiger partial charge in [0.25, 0.3) is 5.91 Å². The maximum Gasteiger partial charge on any atom is 0.329 e. The van der Waals surface area contributed by atoms with Gasteiger partial charge < -0.3 is 15.4 Å². The molecule has 3 rings (SSSR count). The second-order valence-corrected chi connectivity index (χ2v) is 8.05. The van der Waals surface area contributed by atoms with Crippen molar-refractivity contribution in [1.29, 1.82) is 0 Å². The summed E-state index contributed by atoms with van der Waals surface area (Å²) in [4.78, 5) is 36.0. The lowest BCUT2D eigenvalue weighted by atomic mass is 10.1. The maximum absolute atomic E-state index is 12.1. The van der Waals surface area contributed by atoms with Crippen molar-refractivity contribution in [3.05, 3.63) is 94.5 Å². The lowest BCUT2D eigenvalue weighted by Gasteiger charge is -2.14. The van der Waals surface area contributed by atoms with E-state index in [1.165, 1.54) is 6.21 Å². The Morgan fingerprint density at radius 3 is 2.32 bits per heavy atom. The highest BCUT2D eigenvalue weighted by Gasteiger charge is 2.14. The van der Waals surface area contributed by atoms with Gasteiger partial charge >= 0.3 is 11.8 Å². The van der Waals surface area contributed by atoms with E-state index in [2.05, 4.69) is 37.1 Å². The highest BCUT2D eigenvalue weighted by atomic mass is 79.9. The molecule has 1 unspecified atom stereocenters. The molecule has 0 radical (unpaired) electrons. The lowest BCUT2D eigenvalue weighted by Crippen LogP contribution is -2.32. The first-order valence-electron chi connectivity index (χ1n) is 10.4. The minimum atomic E-state index is -0.900. The maximum atomic E-state index is 12.1. The number of ether oxygens (including phenoxy) is 1. The molecule has 0 fully saturated rings. The summed E-state index contributed by atoms with van der Waals surface area (Å²) in [6.45, 7) is 1.79. The summed E-state index contributed by atoms with van der Waals surface area (Å²) in [7, 11) is 0. The Bertz CT molecular complexity index is 1170. The number of carbonyl (C=O) groups excluding carboxylic acids is 3. The fourth-order valence-corrected chi connectivity index (χ4v) is 3.25. The van der Waals surface area contributed by atoms with Gasteiger partial charge in [-0.3, -0.25) is 14.4 Å². The molecule has 1 atom stereocenters. The van der Waals surface area contributed by atoms with Gasteiger partial charge in [0.15, 0.2) is 6.61 Å². The number of rotatable bonds is 8. The van der Waals surface area contributed by atoms with Crippen LogP contribution in [0.3, 0.4) is 0 Å². The number of hydrazone groups is 1. The van der Waals surface area contributed by atoms with Gasteiger partial charge in [0.1, 0.15) is 5.75 Å². The monoisotopic (exact) mass is 522 g/mol. The number of nitrogens with one attached hydrogen (secondary N) is 3. The van der Waals surface area contributed by atoms with Crippen LogP contribution < -0.4 is 20.8 Å². The smallest absolute Gasteiger partial charge is 0.329 e. The van der Waals surface area contributed by atoms with Crippen LogP contribution in [0.15, 0.2) is 88.4 Å². The molecule has 3 aromatic rings. The fraction of sp³-hybridized carbons (Fsp3) is 0.120. The highest BCUT2D eigenvalue weighted by molar-refractivity contribution is 9.10. The van der Waals surface area contributed by atoms with Crippen LogP contribution in [0, 0.1) is 0 Å². The van der Waals surface area contributed by atoms with Gasteiger partial charge in [-0.05, 0) is 70.4 Å². The van der Waals surface area contributed by atoms with Gasteiger partial charge in [-0.2, -0.15) is 5.10 Å². The van der Waals surface area contributed by atoms with Crippen molar-refractivity contribution in [3.63, 3.8) is 0 Å². The molecule has 0 spiro atoms. The van der Waals surface area contributed by atoms with Gasteiger partial charge in [0, 0.05) is 4.47 Å². The fourth-order valence-electron chi connectivity index (χ4n) is 2.87. The average Bonchev–Trinajstić information content (AvgIpc) is 2.85. The number of hydrogen-bond donors (Lipinski definition) is 3. The normalized spacial score (nSPS) is 11.5. The van der Waals surface area contributed by atoms with Crippen LogP contribution in [0.2, 0.25) is 0 Å². The SMILES string of the molecule is CC(NC(=O)COc1ccc(C=NNC(=O)C(=O)Nc2ccccc2Br)cc1)c1ccccc1. The van der Waals surface area contributed by atoms with Crippen LogP contribution in [0.4, 0.5) is 5.69 Å². The third-order valence-corrected chi connectivity index (χ3v) is 5.33. The Hall–Kier alpha value is -3.98. The van der Waals surface area contributed by atoms with Crippen LogP contribution >= 0.6 is 15.9 Å². The molecule has 3 amide bonds. The predicted octanol–water partition coefficient (Wildman–Crippen LogP) is 3.79. The van der Waals surface area contributed by atoms with Crippen molar-refractivity contribution < 1.29 is 19.1 Å². The number of hydrogen-bond acceptors (Lipinski definition) is 5. The van der Waals surface area contributed by atoms with E-state index >= 15 is 0 Å². The Labute approximate surface area is 205 Å². The number of amides is 3. The molecule has 3 aromatic carbocycles. The summed E-state index contributed by atoms with van der Waals surface area (Å²) >= 11 is 3.29. The largest absolute Gasteiger partial charge is 0.484 e. The number of anilines is 1. The standard InChI is InChI=1S/C25H23BrN4O4/c1-17(19-7-3-2-4-8-19)28-23(31)16-34-20-13-11-18(12-14-20)15-27-30-25(33)24(32)29-22-10-6-5-9-21(22)26/h2-15,17H,16H2,1H3,(H,28,31)(H,29,32)(H,30,33). The first-order valence-corrected chi connectivity index (χ1v) is 11.2. The lowest BCUT2D eigenvalue weighted by molar-refractivity contribution is -0.136. The second-order valence-electron chi connectivity index (χ2n) is 7.19. The summed E-state index contributed by atoms with van der Waals surface area (Å²) in [5, 5.41) is 9.16. The third kappa shape index (κ3) is 7.56. The molecule has 0 heterocycles. The summed E-state index contributed by atoms with van der Waals surface area (Å²) in [6.07, 6.45) is 1.39. The zero-order valence-corrected chi connectivity index (χ0v) is 19.9. The van der Waals surface area contributed by atoms with E-state index < -0.39 is 11.8 Å². The van der Waals surface area contributed by atoms with Crippen molar-refractivity contribution in [2.45, 2.75) is 13.0 Å². The zero-order chi connectivity index (χ0) is 24.3. The minimum Gasteiger partial charge on any atom is -0.484 e. The number of nitrogens with zero attached hydrogens (tertiary/aromatic N) is 1. The van der Waals surface area contributed by atoms with Crippen LogP contribution in [0.25, 0.3) is 0 Å². The Balaban J connectivity index is 1.42. The average molecular weight is 523 g/mol. The first-order chi connectivity index (χ1) is 16.4. The predicted molar refractivity (Wildman–Crippen MR) is 133 cm³/mol. The molecule has 174 valence electrons. The molecular formula is C25H23BrN4O4. The molecule has 0 aromatic heterocycles. The zero-order valence-electron chi connectivity index (χ0n) is 18.3. The number of benzene rings is 3. The van der Waals surface area contributed by atoms with Crippen molar-refractivity contribution >= 4 is 45.6 Å². The summed E-state index contributed by atoms with van der Waals surface area (Å²) in [5.41, 5.74) is 4.33. The van der Waals surface area contributed by atoms with Gasteiger partial charge in [0.2, 0.25) is 0 Å². The van der Waals surface area contributed by atoms with Crippen LogP contribution in [-0.4, -0.2) is 30.5 Å². The Kier molecular flexibility index (Phi) is 8.93. The van der Waals surface area contributed by atoms with Crippen molar-refractivity contribution in [2.24, 2.45) is 5.10 Å². The van der Waals surface area contributed by atoms with Crippen molar-refractivity contribution in [3.8, 4) is 5.75 Å². The van der Waals surface area contributed by atoms with Crippen LogP contribution in [-0.2, 0) is 14.4 Å². The van der Waals surface area contributed by atoms with Gasteiger partial charge in [-0.1, -0.05) is 42.5 Å². The topological polar surface area (TPSA) is 109 Å². The van der Waals surface area contributed by atoms with Crippen LogP contribution in [0.5, 0.6) is 5.75 Å². The van der Waals surface area contributed by atoms with E-state index in [4.69, 9.17) is 4.74 Å². The van der Waals surface area contributed by atoms with Gasteiger partial charge in [-0.25, -0.2) is 5.43 Å². The summed E-state index contributed by atoms with van der Waals surface area (Å²) < 4.78 is 6.17. The molecule has 0 aliphatic heterocycles. The number of para-hydroxylation sites is 1. The van der Waals surface area contributed by atoms with Crippen LogP contribution in [0.1, 0.15) is 24.1 Å². The molecule has 3 N–H and O–H groups in total. The molecule has 0 aliphatic rings. The van der Waals surface area contributed by atoms with E-state index in [-0.39, 0.29) is 18.6 Å². The van der Waals surface area contributed by atoms with E-state index in [0.29, 0.717) is 21.5 Å². The van der Waals surface area contributed by atoms with Gasteiger partial charge in [0.05, 0.1) is 17.9 Å². The van der Waals surface area contributed by atoms with E-state index in [0.717, 1.165) is 5.56 Å². The van der Waals surface area contributed by atoms with Gasteiger partial charge in [-0.15, -0.1) is 0 Å². The minimum absolute atomic E-state index is 0.118. The molecular weight excluding hydrogens is 500 g/mol. The number of carbonyl (C=O) groups is 3. The summed E-state index contributed by atoms with van der Waals surface area (Å²) in [5.74, 6) is -1.46. The first kappa shape index (κ1) is 24.7. The molecule has 8 nitrogen and oxygen atoms in total. The second kappa shape index (κ2) is 12.3. The molecule has 9 heteroatoms. The molecule has 0 aliphatic carbocycles. The third-order valence-electron chi connectivity index (χ3n) is 4.64. The van der Waals surface area contributed by atoms with E-state index in [1.807, 2.05) is 37.3 Å². The summed E-state index contributed by atoms with van der Waals surface area (Å²) in [6, 6.07) is 23.2. The molecule has 0 saturated heterocycles. The molecule has 34 heavy (non-hydrogen) atoms. The molecule has 0 bridgehead atoms. The van der Waals surface area contributed by atoms with Crippen molar-refractivity contribution in [1.82, 2.24) is 10.7 Å². The highest BCUT2D eigenvalue weighted by Crippen LogP contribution is 2.20. The van der Waals surface area contributed by atoms with E-state index in [1.54, 1.807) is 48.5 Å². The molecule has 0 saturated carbocycles. The Morgan fingerprint density at radius 2 is 1.62 bits per heavy atom. The number of halogens is 1. The quantitative estimate of drug-likeness (QED) is 0.237. The van der Waals surface area contributed by atoms with Crippen molar-refractivity contribution in [2.75, 3.05) is 11.9 Å².